The zero-order chi connectivity index (χ0) is 19.0. The number of rotatable bonds is 3. The highest BCUT2D eigenvalue weighted by molar-refractivity contribution is 5.79. The van der Waals surface area contributed by atoms with Crippen LogP contribution < -0.4 is 0 Å². The number of nitrogens with zero attached hydrogens (tertiary/aromatic N) is 6. The molecule has 1 aliphatic rings. The molecule has 2 aromatic heterocycles. The van der Waals surface area contributed by atoms with Crippen LogP contribution in [0.3, 0.4) is 0 Å². The van der Waals surface area contributed by atoms with Crippen LogP contribution in [0.1, 0.15) is 17.0 Å². The Morgan fingerprint density at radius 3 is 2.44 bits per heavy atom. The lowest BCUT2D eigenvalue weighted by Gasteiger charge is -2.32. The van der Waals surface area contributed by atoms with Gasteiger partial charge in [-0.3, -0.25) is 4.79 Å². The molecule has 27 heavy (non-hydrogen) atoms. The third-order valence-corrected chi connectivity index (χ3v) is 5.26. The fraction of sp³-hybridized carbons (Fsp3) is 0.400. The van der Waals surface area contributed by atoms with Gasteiger partial charge in [-0.1, -0.05) is 30.3 Å². The quantitative estimate of drug-likeness (QED) is 0.708. The SMILES string of the molecule is Cc1nc2nc(-c3ccccc3)nn2c(C)c1CC(=O)N1CCN(C)CC1. The lowest BCUT2D eigenvalue weighted by molar-refractivity contribution is -0.132. The molecule has 0 spiro atoms. The van der Waals surface area contributed by atoms with Crippen LogP contribution in [0.2, 0.25) is 0 Å². The molecule has 3 heterocycles. The van der Waals surface area contributed by atoms with Gasteiger partial charge < -0.3 is 9.80 Å². The maximum Gasteiger partial charge on any atom is 0.253 e. The third kappa shape index (κ3) is 3.42. The first kappa shape index (κ1) is 17.6. The number of hydrogen-bond acceptors (Lipinski definition) is 5. The number of benzene rings is 1. The van der Waals surface area contributed by atoms with Crippen LogP contribution in [-0.4, -0.2) is 68.5 Å². The lowest BCUT2D eigenvalue weighted by Crippen LogP contribution is -2.47. The second-order valence-electron chi connectivity index (χ2n) is 7.14. The number of amides is 1. The fourth-order valence-corrected chi connectivity index (χ4v) is 3.49. The average Bonchev–Trinajstić information content (AvgIpc) is 3.10. The Kier molecular flexibility index (Phi) is 4.61. The molecule has 1 amide bonds. The summed E-state index contributed by atoms with van der Waals surface area (Å²) in [5.74, 6) is 1.37. The topological polar surface area (TPSA) is 66.6 Å². The molecule has 0 atom stereocenters. The van der Waals surface area contributed by atoms with E-state index in [0.717, 1.165) is 48.7 Å². The van der Waals surface area contributed by atoms with Gasteiger partial charge in [-0.2, -0.15) is 4.98 Å². The lowest BCUT2D eigenvalue weighted by atomic mass is 10.1. The van der Waals surface area contributed by atoms with Gasteiger partial charge in [0.1, 0.15) is 0 Å². The summed E-state index contributed by atoms with van der Waals surface area (Å²) in [5, 5.41) is 4.63. The highest BCUT2D eigenvalue weighted by atomic mass is 16.2. The van der Waals surface area contributed by atoms with Crippen molar-refractivity contribution in [1.82, 2.24) is 29.4 Å². The highest BCUT2D eigenvalue weighted by Crippen LogP contribution is 2.20. The molecule has 1 saturated heterocycles. The van der Waals surface area contributed by atoms with Crippen LogP contribution in [-0.2, 0) is 11.2 Å². The van der Waals surface area contributed by atoms with Gasteiger partial charge in [-0.05, 0) is 20.9 Å². The van der Waals surface area contributed by atoms with Gasteiger partial charge in [0.05, 0.1) is 6.42 Å². The monoisotopic (exact) mass is 364 g/mol. The summed E-state index contributed by atoms with van der Waals surface area (Å²) < 4.78 is 1.75. The molecular weight excluding hydrogens is 340 g/mol. The van der Waals surface area contributed by atoms with Crippen molar-refractivity contribution in [2.24, 2.45) is 0 Å². The molecule has 3 aromatic rings. The Hall–Kier alpha value is -2.80. The van der Waals surface area contributed by atoms with E-state index >= 15 is 0 Å². The highest BCUT2D eigenvalue weighted by Gasteiger charge is 2.22. The normalized spacial score (nSPS) is 15.4. The molecule has 0 N–H and O–H groups in total. The largest absolute Gasteiger partial charge is 0.340 e. The molecule has 4 rings (SSSR count). The number of hydrogen-bond donors (Lipinski definition) is 0. The Morgan fingerprint density at radius 2 is 1.74 bits per heavy atom. The molecule has 7 nitrogen and oxygen atoms in total. The summed E-state index contributed by atoms with van der Waals surface area (Å²) in [6.07, 6.45) is 0.352. The molecule has 0 radical (unpaired) electrons. The number of carbonyl (C=O) groups is 1. The number of aromatic nitrogens is 4. The molecule has 1 aliphatic heterocycles. The van der Waals surface area contributed by atoms with Crippen molar-refractivity contribution in [1.29, 1.82) is 0 Å². The van der Waals surface area contributed by atoms with E-state index in [0.29, 0.717) is 18.0 Å². The van der Waals surface area contributed by atoms with Crippen molar-refractivity contribution in [3.63, 3.8) is 0 Å². The summed E-state index contributed by atoms with van der Waals surface area (Å²) in [6.45, 7) is 7.33. The predicted molar refractivity (Wildman–Crippen MR) is 103 cm³/mol. The van der Waals surface area contributed by atoms with Crippen molar-refractivity contribution >= 4 is 11.7 Å². The maximum absolute atomic E-state index is 12.8. The molecule has 0 aliphatic carbocycles. The first-order valence-corrected chi connectivity index (χ1v) is 9.27. The van der Waals surface area contributed by atoms with Gasteiger partial charge in [0.25, 0.3) is 5.78 Å². The number of likely N-dealkylation sites (N-methyl/N-ethyl adjacent to an activating group) is 1. The number of aryl methyl sites for hydroxylation is 2. The van der Waals surface area contributed by atoms with Gasteiger partial charge in [0.2, 0.25) is 5.91 Å². The van der Waals surface area contributed by atoms with Gasteiger partial charge in [-0.25, -0.2) is 9.50 Å². The second kappa shape index (κ2) is 7.08. The van der Waals surface area contributed by atoms with Crippen molar-refractivity contribution in [3.8, 4) is 11.4 Å². The Bertz CT molecular complexity index is 973. The molecule has 140 valence electrons. The van der Waals surface area contributed by atoms with E-state index in [1.807, 2.05) is 49.1 Å². The van der Waals surface area contributed by atoms with Gasteiger partial charge >= 0.3 is 0 Å². The van der Waals surface area contributed by atoms with Gasteiger partial charge in [0.15, 0.2) is 5.82 Å². The second-order valence-corrected chi connectivity index (χ2v) is 7.14. The maximum atomic E-state index is 12.8. The van der Waals surface area contributed by atoms with E-state index in [9.17, 15) is 4.79 Å². The average molecular weight is 364 g/mol. The van der Waals surface area contributed by atoms with E-state index in [1.54, 1.807) is 4.52 Å². The van der Waals surface area contributed by atoms with Crippen molar-refractivity contribution in [3.05, 3.63) is 47.3 Å². The molecule has 1 aromatic carbocycles. The van der Waals surface area contributed by atoms with Crippen LogP contribution in [0.15, 0.2) is 30.3 Å². The van der Waals surface area contributed by atoms with Crippen LogP contribution >= 0.6 is 0 Å². The minimum absolute atomic E-state index is 0.152. The molecular formula is C20H24N6O. The van der Waals surface area contributed by atoms with Crippen LogP contribution in [0.5, 0.6) is 0 Å². The predicted octanol–water partition coefficient (Wildman–Crippen LogP) is 1.72. The number of carbonyl (C=O) groups excluding carboxylic acids is 1. The van der Waals surface area contributed by atoms with E-state index < -0.39 is 0 Å². The first-order chi connectivity index (χ1) is 13.0. The van der Waals surface area contributed by atoms with E-state index in [4.69, 9.17) is 0 Å². The fourth-order valence-electron chi connectivity index (χ4n) is 3.49. The van der Waals surface area contributed by atoms with Crippen LogP contribution in [0, 0.1) is 13.8 Å². The van der Waals surface area contributed by atoms with Gasteiger partial charge in [0, 0.05) is 48.7 Å². The summed E-state index contributed by atoms with van der Waals surface area (Å²) in [5.41, 5.74) is 3.66. The smallest absolute Gasteiger partial charge is 0.253 e. The summed E-state index contributed by atoms with van der Waals surface area (Å²) in [6, 6.07) is 9.86. The molecule has 0 unspecified atom stereocenters. The Morgan fingerprint density at radius 1 is 1.04 bits per heavy atom. The molecule has 0 bridgehead atoms. The van der Waals surface area contributed by atoms with E-state index in [-0.39, 0.29) is 5.91 Å². The van der Waals surface area contributed by atoms with Crippen molar-refractivity contribution in [2.45, 2.75) is 20.3 Å². The zero-order valence-electron chi connectivity index (χ0n) is 16.0. The zero-order valence-corrected chi connectivity index (χ0v) is 16.0. The third-order valence-electron chi connectivity index (χ3n) is 5.26. The Balaban J connectivity index is 1.64. The first-order valence-electron chi connectivity index (χ1n) is 9.27. The van der Waals surface area contributed by atoms with Crippen LogP contribution in [0.25, 0.3) is 17.2 Å². The minimum Gasteiger partial charge on any atom is -0.340 e. The molecule has 1 fully saturated rings. The molecule has 0 saturated carbocycles. The van der Waals surface area contributed by atoms with Crippen LogP contribution in [0.4, 0.5) is 0 Å². The van der Waals surface area contributed by atoms with Crippen molar-refractivity contribution < 1.29 is 4.79 Å². The summed E-state index contributed by atoms with van der Waals surface area (Å²) in [7, 11) is 2.09. The van der Waals surface area contributed by atoms with E-state index in [2.05, 4.69) is 27.0 Å². The standard InChI is InChI=1S/C20H24N6O/c1-14-17(13-18(27)25-11-9-24(3)10-12-25)15(2)26-20(21-14)22-19(23-26)16-7-5-4-6-8-16/h4-8H,9-13H2,1-3H3. The number of piperazine rings is 1. The number of fused-ring (bicyclic) bond motifs is 1. The Labute approximate surface area is 158 Å². The van der Waals surface area contributed by atoms with Gasteiger partial charge in [-0.15, -0.1) is 5.10 Å². The van der Waals surface area contributed by atoms with Crippen molar-refractivity contribution in [2.75, 3.05) is 33.2 Å². The summed E-state index contributed by atoms with van der Waals surface area (Å²) >= 11 is 0. The minimum atomic E-state index is 0.152. The molecule has 7 heteroatoms. The summed E-state index contributed by atoms with van der Waals surface area (Å²) in [4.78, 5) is 26.1. The van der Waals surface area contributed by atoms with E-state index in [1.165, 1.54) is 0 Å².